The van der Waals surface area contributed by atoms with Crippen LogP contribution in [0.2, 0.25) is 0 Å². The highest BCUT2D eigenvalue weighted by Crippen LogP contribution is 2.66. The van der Waals surface area contributed by atoms with Crippen LogP contribution >= 0.6 is 0 Å². The second-order valence-corrected chi connectivity index (χ2v) is 21.3. The Kier molecular flexibility index (Phi) is 10.4. The third kappa shape index (κ3) is 7.06. The molecule has 0 radical (unpaired) electrons. The lowest BCUT2D eigenvalue weighted by molar-refractivity contribution is 0.668. The number of benzene rings is 12. The number of hydrogen-bond donors (Lipinski definition) is 0. The van der Waals surface area contributed by atoms with Crippen LogP contribution in [0.25, 0.3) is 88.4 Å². The number of nitrogens with zero attached hydrogens (tertiary/aromatic N) is 1. The molecule has 14 aromatic rings. The van der Waals surface area contributed by atoms with Crippen molar-refractivity contribution in [1.29, 1.82) is 0 Å². The second-order valence-electron chi connectivity index (χ2n) is 21.3. The summed E-state index contributed by atoms with van der Waals surface area (Å²) in [6.07, 6.45) is 1.82. The summed E-state index contributed by atoms with van der Waals surface area (Å²) in [7, 11) is 0. The van der Waals surface area contributed by atoms with Crippen molar-refractivity contribution >= 4 is 60.9 Å². The van der Waals surface area contributed by atoms with E-state index in [1.54, 1.807) is 0 Å². The fourth-order valence-electron chi connectivity index (χ4n) is 13.7. The number of aryl methyl sites for hydroxylation is 1. The number of para-hydroxylation sites is 2. The maximum Gasteiger partial charge on any atom is 0.135 e. The third-order valence-corrected chi connectivity index (χ3v) is 17.2. The molecule has 0 aliphatic heterocycles. The molecule has 1 spiro atoms. The van der Waals surface area contributed by atoms with Gasteiger partial charge in [-0.25, -0.2) is 0 Å². The largest absolute Gasteiger partial charge is 0.456 e. The molecule has 16 rings (SSSR count). The molecule has 0 saturated carbocycles. The first-order valence-electron chi connectivity index (χ1n) is 27.6. The highest BCUT2D eigenvalue weighted by atomic mass is 16.3. The van der Waals surface area contributed by atoms with Crippen LogP contribution in [-0.2, 0) is 11.8 Å². The molecule has 79 heavy (non-hydrogen) atoms. The van der Waals surface area contributed by atoms with E-state index in [1.165, 1.54) is 88.8 Å². The normalized spacial score (nSPS) is 14.4. The van der Waals surface area contributed by atoms with Gasteiger partial charge in [0.05, 0.1) is 11.1 Å². The van der Waals surface area contributed by atoms with Crippen molar-refractivity contribution in [3.05, 3.63) is 318 Å². The Morgan fingerprint density at radius 1 is 0.342 bits per heavy atom. The SMILES string of the molecule is c1ccc(-c2ccc(C(CCc3ccc4oc5ccccc5c4c3)c3cccc4c3-c3ccccc3C43c4ccccc4-c4c(N(c5ccc(-c6ccccc6)cc5)c5ccc6oc7ccccc7c6c5)cccc43)cc2)cc1. The maximum atomic E-state index is 6.43. The lowest BCUT2D eigenvalue weighted by Gasteiger charge is -2.32. The topological polar surface area (TPSA) is 29.5 Å². The summed E-state index contributed by atoms with van der Waals surface area (Å²) in [5, 5.41) is 4.53. The van der Waals surface area contributed by atoms with Crippen molar-refractivity contribution < 1.29 is 8.83 Å². The molecule has 2 aromatic heterocycles. The van der Waals surface area contributed by atoms with E-state index in [1.807, 2.05) is 12.1 Å². The van der Waals surface area contributed by atoms with Crippen LogP contribution in [0, 0.1) is 0 Å². The van der Waals surface area contributed by atoms with Gasteiger partial charge in [-0.05, 0) is 151 Å². The van der Waals surface area contributed by atoms with Crippen LogP contribution < -0.4 is 4.90 Å². The minimum absolute atomic E-state index is 0.0884. The smallest absolute Gasteiger partial charge is 0.135 e. The van der Waals surface area contributed by atoms with E-state index >= 15 is 0 Å². The minimum Gasteiger partial charge on any atom is -0.456 e. The van der Waals surface area contributed by atoms with E-state index < -0.39 is 5.41 Å². The number of rotatable bonds is 10. The van der Waals surface area contributed by atoms with Gasteiger partial charge >= 0.3 is 0 Å². The summed E-state index contributed by atoms with van der Waals surface area (Å²) in [5.41, 5.74) is 25.4. The van der Waals surface area contributed by atoms with Gasteiger partial charge in [0, 0.05) is 44.4 Å². The van der Waals surface area contributed by atoms with Crippen molar-refractivity contribution in [2.75, 3.05) is 4.90 Å². The number of fused-ring (bicyclic) bond motifs is 16. The van der Waals surface area contributed by atoms with E-state index in [9.17, 15) is 0 Å². The Balaban J connectivity index is 0.890. The van der Waals surface area contributed by atoms with E-state index in [0.29, 0.717) is 0 Å². The first-order chi connectivity index (χ1) is 39.2. The Labute approximate surface area is 458 Å². The molecule has 12 aromatic carbocycles. The molecule has 3 heteroatoms. The summed E-state index contributed by atoms with van der Waals surface area (Å²) < 4.78 is 12.7. The second kappa shape index (κ2) is 18.1. The number of anilines is 3. The molecule has 2 heterocycles. The van der Waals surface area contributed by atoms with E-state index in [-0.39, 0.29) is 5.92 Å². The molecule has 2 unspecified atom stereocenters. The molecule has 0 bridgehead atoms. The molecule has 372 valence electrons. The molecule has 2 aliphatic rings. The summed E-state index contributed by atoms with van der Waals surface area (Å²) in [5.74, 6) is 0.0884. The molecule has 2 aliphatic carbocycles. The Morgan fingerprint density at radius 2 is 0.823 bits per heavy atom. The zero-order valence-corrected chi connectivity index (χ0v) is 43.3. The molecular formula is C76H51NO2. The summed E-state index contributed by atoms with van der Waals surface area (Å²) in [4.78, 5) is 2.47. The number of hydrogen-bond acceptors (Lipinski definition) is 3. The third-order valence-electron chi connectivity index (χ3n) is 17.2. The summed E-state index contributed by atoms with van der Waals surface area (Å²) in [6, 6.07) is 103. The lowest BCUT2D eigenvalue weighted by Crippen LogP contribution is -2.26. The van der Waals surface area contributed by atoms with Crippen LogP contribution in [-0.4, -0.2) is 0 Å². The van der Waals surface area contributed by atoms with Crippen LogP contribution in [0.3, 0.4) is 0 Å². The Hall–Kier alpha value is -9.96. The van der Waals surface area contributed by atoms with Crippen LogP contribution in [0.1, 0.15) is 51.3 Å². The summed E-state index contributed by atoms with van der Waals surface area (Å²) in [6.45, 7) is 0. The van der Waals surface area contributed by atoms with Crippen molar-refractivity contribution in [2.24, 2.45) is 0 Å². The molecule has 0 fully saturated rings. The zero-order chi connectivity index (χ0) is 52.0. The van der Waals surface area contributed by atoms with Gasteiger partial charge in [0.2, 0.25) is 0 Å². The van der Waals surface area contributed by atoms with Gasteiger partial charge in [0.25, 0.3) is 0 Å². The van der Waals surface area contributed by atoms with Gasteiger partial charge in [-0.15, -0.1) is 0 Å². The monoisotopic (exact) mass is 1010 g/mol. The van der Waals surface area contributed by atoms with Gasteiger partial charge in [-0.2, -0.15) is 0 Å². The average Bonchev–Trinajstić information content (AvgIpc) is 2.72. The van der Waals surface area contributed by atoms with Gasteiger partial charge in [0.1, 0.15) is 22.3 Å². The van der Waals surface area contributed by atoms with E-state index in [0.717, 1.165) is 68.4 Å². The molecule has 0 N–H and O–H groups in total. The molecule has 2 atom stereocenters. The quantitative estimate of drug-likeness (QED) is 0.137. The first-order valence-corrected chi connectivity index (χ1v) is 27.6. The Morgan fingerprint density at radius 3 is 1.48 bits per heavy atom. The van der Waals surface area contributed by atoms with Gasteiger partial charge < -0.3 is 13.7 Å². The predicted octanol–water partition coefficient (Wildman–Crippen LogP) is 20.4. The van der Waals surface area contributed by atoms with Gasteiger partial charge in [-0.3, -0.25) is 0 Å². The molecule has 3 nitrogen and oxygen atoms in total. The van der Waals surface area contributed by atoms with Crippen molar-refractivity contribution in [3.63, 3.8) is 0 Å². The standard InChI is InChI=1S/C76H51NO2/c1-3-17-50(18-4-1)52-35-37-54(38-36-52)57(44-33-49-34-45-72-63(47-49)58-21-9-13-31-70(58)78-72)60-25-15-28-67-74(60)61-23-7-11-26-65(61)76(67)66-27-12-8-24-62(66)75-68(76)29-16-30-69(75)77(55-41-39-53(40-42-55)51-19-5-2-6-20-51)56-43-46-73-64(48-56)59-22-10-14-32-71(59)79-73/h1-32,34-43,45-48,57H,33,44H2. The lowest BCUT2D eigenvalue weighted by atomic mass is 9.70. The molecular weight excluding hydrogens is 959 g/mol. The fourth-order valence-corrected chi connectivity index (χ4v) is 13.7. The molecule has 0 saturated heterocycles. The van der Waals surface area contributed by atoms with Crippen molar-refractivity contribution in [1.82, 2.24) is 0 Å². The highest BCUT2D eigenvalue weighted by Gasteiger charge is 2.53. The zero-order valence-electron chi connectivity index (χ0n) is 43.3. The molecule has 0 amide bonds. The predicted molar refractivity (Wildman–Crippen MR) is 326 cm³/mol. The fraction of sp³-hybridized carbons (Fsp3) is 0.0526. The van der Waals surface area contributed by atoms with Gasteiger partial charge in [0.15, 0.2) is 0 Å². The minimum atomic E-state index is -0.591. The van der Waals surface area contributed by atoms with Crippen LogP contribution in [0.5, 0.6) is 0 Å². The summed E-state index contributed by atoms with van der Waals surface area (Å²) >= 11 is 0. The average molecular weight is 1010 g/mol. The van der Waals surface area contributed by atoms with Gasteiger partial charge in [-0.1, -0.05) is 218 Å². The van der Waals surface area contributed by atoms with E-state index in [2.05, 4.69) is 272 Å². The Bertz CT molecular complexity index is 4660. The van der Waals surface area contributed by atoms with Crippen molar-refractivity contribution in [3.8, 4) is 44.5 Å². The van der Waals surface area contributed by atoms with E-state index in [4.69, 9.17) is 8.83 Å². The number of furan rings is 2. The first kappa shape index (κ1) is 45.3. The highest BCUT2D eigenvalue weighted by molar-refractivity contribution is 6.08. The van der Waals surface area contributed by atoms with Crippen LogP contribution in [0.15, 0.2) is 288 Å². The maximum absolute atomic E-state index is 6.43. The van der Waals surface area contributed by atoms with Crippen LogP contribution in [0.4, 0.5) is 17.1 Å². The van der Waals surface area contributed by atoms with Crippen molar-refractivity contribution in [2.45, 2.75) is 24.2 Å².